The smallest absolute Gasteiger partial charge is 0.273 e. The fourth-order valence-electron chi connectivity index (χ4n) is 1.67. The Hall–Kier alpha value is -0.610. The molecule has 2 unspecified atom stereocenters. The molecule has 0 aromatic carbocycles. The Morgan fingerprint density at radius 3 is 3.00 bits per heavy atom. The van der Waals surface area contributed by atoms with Gasteiger partial charge in [0, 0.05) is 17.6 Å². The van der Waals surface area contributed by atoms with E-state index in [0.717, 1.165) is 18.0 Å². The van der Waals surface area contributed by atoms with Crippen LogP contribution in [0.2, 0.25) is 0 Å². The number of nitrogens with zero attached hydrogens (tertiary/aromatic N) is 1. The van der Waals surface area contributed by atoms with Crippen molar-refractivity contribution in [3.05, 3.63) is 11.6 Å². The highest BCUT2D eigenvalue weighted by atomic mass is 32.1. The van der Waals surface area contributed by atoms with Crippen molar-refractivity contribution in [2.45, 2.75) is 37.8 Å². The van der Waals surface area contributed by atoms with E-state index in [4.69, 9.17) is 10.5 Å². The summed E-state index contributed by atoms with van der Waals surface area (Å²) >= 11 is 1.53. The van der Waals surface area contributed by atoms with Gasteiger partial charge in [-0.3, -0.25) is 0 Å². The molecular weight excluding hydrogens is 184 g/mol. The summed E-state index contributed by atoms with van der Waals surface area (Å²) in [6.45, 7) is 0. The third kappa shape index (κ3) is 2.19. The molecule has 2 atom stereocenters. The van der Waals surface area contributed by atoms with E-state index in [9.17, 15) is 0 Å². The van der Waals surface area contributed by atoms with E-state index in [1.54, 1.807) is 6.20 Å². The summed E-state index contributed by atoms with van der Waals surface area (Å²) in [6, 6.07) is 0.192. The van der Waals surface area contributed by atoms with Crippen LogP contribution in [0.25, 0.3) is 0 Å². The van der Waals surface area contributed by atoms with E-state index in [-0.39, 0.29) is 12.1 Å². The van der Waals surface area contributed by atoms with Crippen molar-refractivity contribution >= 4 is 11.3 Å². The average molecular weight is 198 g/mol. The summed E-state index contributed by atoms with van der Waals surface area (Å²) in [4.78, 5) is 4.09. The zero-order valence-corrected chi connectivity index (χ0v) is 8.30. The number of thiazole rings is 1. The zero-order valence-electron chi connectivity index (χ0n) is 7.48. The molecule has 0 saturated heterocycles. The van der Waals surface area contributed by atoms with Gasteiger partial charge in [-0.15, -0.1) is 0 Å². The van der Waals surface area contributed by atoms with Gasteiger partial charge in [-0.2, -0.15) is 0 Å². The maximum atomic E-state index is 5.95. The lowest BCUT2D eigenvalue weighted by Crippen LogP contribution is -2.41. The minimum atomic E-state index is 0.180. The highest BCUT2D eigenvalue weighted by molar-refractivity contribution is 7.11. The quantitative estimate of drug-likeness (QED) is 0.788. The molecule has 0 amide bonds. The Morgan fingerprint density at radius 2 is 2.31 bits per heavy atom. The van der Waals surface area contributed by atoms with E-state index in [1.807, 2.05) is 5.38 Å². The average Bonchev–Trinajstić information content (AvgIpc) is 2.61. The highest BCUT2D eigenvalue weighted by Crippen LogP contribution is 2.23. The van der Waals surface area contributed by atoms with Crippen molar-refractivity contribution in [2.24, 2.45) is 5.73 Å². The van der Waals surface area contributed by atoms with Gasteiger partial charge < -0.3 is 10.5 Å². The molecule has 13 heavy (non-hydrogen) atoms. The van der Waals surface area contributed by atoms with Crippen LogP contribution >= 0.6 is 11.3 Å². The third-order valence-electron chi connectivity index (χ3n) is 2.42. The van der Waals surface area contributed by atoms with Crippen LogP contribution in [-0.2, 0) is 0 Å². The second-order valence-electron chi connectivity index (χ2n) is 3.40. The molecule has 1 fully saturated rings. The first-order chi connectivity index (χ1) is 6.36. The van der Waals surface area contributed by atoms with E-state index >= 15 is 0 Å². The first kappa shape index (κ1) is 8.97. The lowest BCUT2D eigenvalue weighted by Gasteiger charge is -2.27. The summed E-state index contributed by atoms with van der Waals surface area (Å²) in [5.41, 5.74) is 5.95. The van der Waals surface area contributed by atoms with Gasteiger partial charge in [0.15, 0.2) is 0 Å². The summed E-state index contributed by atoms with van der Waals surface area (Å²) in [5.74, 6) is 0. The number of hydrogen-bond acceptors (Lipinski definition) is 4. The second-order valence-corrected chi connectivity index (χ2v) is 4.26. The molecule has 0 bridgehead atoms. The first-order valence-electron chi connectivity index (χ1n) is 4.68. The van der Waals surface area contributed by atoms with Gasteiger partial charge in [-0.25, -0.2) is 4.98 Å². The molecule has 72 valence electrons. The maximum absolute atomic E-state index is 5.95. The van der Waals surface area contributed by atoms with Gasteiger partial charge in [0.05, 0.1) is 0 Å². The first-order valence-corrected chi connectivity index (χ1v) is 5.56. The van der Waals surface area contributed by atoms with E-state index in [0.29, 0.717) is 0 Å². The molecule has 3 nitrogen and oxygen atoms in total. The summed E-state index contributed by atoms with van der Waals surface area (Å²) in [6.07, 6.45) is 6.55. The number of ether oxygens (including phenoxy) is 1. The largest absolute Gasteiger partial charge is 0.465 e. The molecule has 1 heterocycles. The third-order valence-corrected chi connectivity index (χ3v) is 3.08. The van der Waals surface area contributed by atoms with Crippen molar-refractivity contribution in [3.63, 3.8) is 0 Å². The summed E-state index contributed by atoms with van der Waals surface area (Å²) < 4.78 is 5.69. The van der Waals surface area contributed by atoms with Gasteiger partial charge in [0.25, 0.3) is 5.19 Å². The van der Waals surface area contributed by atoms with Crippen molar-refractivity contribution in [1.82, 2.24) is 4.98 Å². The van der Waals surface area contributed by atoms with Crippen LogP contribution in [0.5, 0.6) is 5.19 Å². The number of hydrogen-bond donors (Lipinski definition) is 1. The van der Waals surface area contributed by atoms with Gasteiger partial charge >= 0.3 is 0 Å². The van der Waals surface area contributed by atoms with Gasteiger partial charge in [0.2, 0.25) is 0 Å². The van der Waals surface area contributed by atoms with Crippen LogP contribution in [0.1, 0.15) is 25.7 Å². The van der Waals surface area contributed by atoms with Crippen molar-refractivity contribution in [2.75, 3.05) is 0 Å². The Kier molecular flexibility index (Phi) is 2.80. The van der Waals surface area contributed by atoms with Crippen LogP contribution in [0.15, 0.2) is 11.6 Å². The van der Waals surface area contributed by atoms with Crippen molar-refractivity contribution in [1.29, 1.82) is 0 Å². The Bertz CT molecular complexity index is 250. The number of rotatable bonds is 2. The molecule has 2 N–H and O–H groups in total. The number of aromatic nitrogens is 1. The molecule has 0 aliphatic heterocycles. The van der Waals surface area contributed by atoms with Crippen LogP contribution in [0.4, 0.5) is 0 Å². The molecule has 1 aromatic heterocycles. The lowest BCUT2D eigenvalue weighted by atomic mass is 9.93. The minimum absolute atomic E-state index is 0.180. The summed E-state index contributed by atoms with van der Waals surface area (Å²) in [7, 11) is 0. The molecule has 1 saturated carbocycles. The molecule has 0 spiro atoms. The van der Waals surface area contributed by atoms with E-state index < -0.39 is 0 Å². The second kappa shape index (κ2) is 4.07. The molecule has 1 aliphatic rings. The Labute approximate surface area is 81.9 Å². The van der Waals surface area contributed by atoms with Crippen molar-refractivity contribution in [3.8, 4) is 5.19 Å². The predicted octanol–water partition coefficient (Wildman–Crippen LogP) is 1.79. The highest BCUT2D eigenvalue weighted by Gasteiger charge is 2.23. The molecule has 0 radical (unpaired) electrons. The summed E-state index contributed by atoms with van der Waals surface area (Å²) in [5, 5.41) is 2.67. The SMILES string of the molecule is NC1CCCCC1Oc1nccs1. The van der Waals surface area contributed by atoms with Gasteiger partial charge in [-0.05, 0) is 19.3 Å². The lowest BCUT2D eigenvalue weighted by molar-refractivity contribution is 0.132. The van der Waals surface area contributed by atoms with E-state index in [1.165, 1.54) is 24.2 Å². The molecule has 2 rings (SSSR count). The van der Waals surface area contributed by atoms with Crippen LogP contribution in [0, 0.1) is 0 Å². The molecule has 1 aromatic rings. The number of nitrogens with two attached hydrogens (primary N) is 1. The predicted molar refractivity (Wildman–Crippen MR) is 53.0 cm³/mol. The molecule has 1 aliphatic carbocycles. The van der Waals surface area contributed by atoms with Gasteiger partial charge in [-0.1, -0.05) is 17.8 Å². The molecular formula is C9H14N2OS. The Balaban J connectivity index is 1.93. The van der Waals surface area contributed by atoms with Crippen LogP contribution in [-0.4, -0.2) is 17.1 Å². The monoisotopic (exact) mass is 198 g/mol. The van der Waals surface area contributed by atoms with Crippen LogP contribution < -0.4 is 10.5 Å². The molecule has 4 heteroatoms. The van der Waals surface area contributed by atoms with Crippen molar-refractivity contribution < 1.29 is 4.74 Å². The normalized spacial score (nSPS) is 28.7. The Morgan fingerprint density at radius 1 is 1.46 bits per heavy atom. The van der Waals surface area contributed by atoms with E-state index in [2.05, 4.69) is 4.98 Å². The van der Waals surface area contributed by atoms with Crippen LogP contribution in [0.3, 0.4) is 0 Å². The standard InChI is InChI=1S/C9H14N2OS/c10-7-3-1-2-4-8(7)12-9-11-5-6-13-9/h5-8H,1-4,10H2. The topological polar surface area (TPSA) is 48.1 Å². The zero-order chi connectivity index (χ0) is 9.10. The maximum Gasteiger partial charge on any atom is 0.273 e. The fourth-order valence-corrected chi connectivity index (χ4v) is 2.21. The fraction of sp³-hybridized carbons (Fsp3) is 0.667. The minimum Gasteiger partial charge on any atom is -0.465 e. The van der Waals surface area contributed by atoms with Gasteiger partial charge in [0.1, 0.15) is 6.10 Å².